The van der Waals surface area contributed by atoms with Gasteiger partial charge in [0, 0.05) is 12.7 Å². The van der Waals surface area contributed by atoms with Gasteiger partial charge >= 0.3 is 0 Å². The standard InChI is InChI=1S/C10H17N3O/c1-6(2)8-5-12-7(3)13-10(8)9(14)4-11/h5-6,9,14H,4,11H2,1-3H3. The number of rotatable bonds is 3. The minimum Gasteiger partial charge on any atom is -0.385 e. The van der Waals surface area contributed by atoms with Gasteiger partial charge in [-0.2, -0.15) is 0 Å². The number of hydrogen-bond acceptors (Lipinski definition) is 4. The number of hydrogen-bond donors (Lipinski definition) is 2. The van der Waals surface area contributed by atoms with Crippen LogP contribution in [-0.4, -0.2) is 21.6 Å². The minimum atomic E-state index is -0.686. The molecule has 1 unspecified atom stereocenters. The van der Waals surface area contributed by atoms with Gasteiger partial charge < -0.3 is 10.8 Å². The molecule has 1 aromatic rings. The van der Waals surface area contributed by atoms with Crippen LogP contribution in [0.2, 0.25) is 0 Å². The number of aromatic nitrogens is 2. The average Bonchev–Trinajstić information content (AvgIpc) is 2.16. The third-order valence-electron chi connectivity index (χ3n) is 2.13. The van der Waals surface area contributed by atoms with Crippen LogP contribution in [0.3, 0.4) is 0 Å². The fourth-order valence-corrected chi connectivity index (χ4v) is 1.32. The second-order valence-electron chi connectivity index (χ2n) is 3.66. The van der Waals surface area contributed by atoms with Crippen molar-refractivity contribution in [2.45, 2.75) is 32.8 Å². The van der Waals surface area contributed by atoms with E-state index in [0.29, 0.717) is 17.4 Å². The van der Waals surface area contributed by atoms with Gasteiger partial charge in [-0.3, -0.25) is 0 Å². The highest BCUT2D eigenvalue weighted by Crippen LogP contribution is 2.21. The molecule has 1 atom stereocenters. The molecule has 0 spiro atoms. The molecule has 78 valence electrons. The molecule has 0 aliphatic rings. The highest BCUT2D eigenvalue weighted by atomic mass is 16.3. The number of aliphatic hydroxyl groups excluding tert-OH is 1. The van der Waals surface area contributed by atoms with Gasteiger partial charge in [-0.05, 0) is 18.4 Å². The number of aryl methyl sites for hydroxylation is 1. The van der Waals surface area contributed by atoms with Gasteiger partial charge in [-0.1, -0.05) is 13.8 Å². The van der Waals surface area contributed by atoms with Crippen LogP contribution in [0.4, 0.5) is 0 Å². The predicted molar refractivity (Wildman–Crippen MR) is 54.9 cm³/mol. The first-order valence-corrected chi connectivity index (χ1v) is 4.77. The largest absolute Gasteiger partial charge is 0.385 e. The predicted octanol–water partition coefficient (Wildman–Crippen LogP) is 0.901. The van der Waals surface area contributed by atoms with Crippen molar-refractivity contribution >= 4 is 0 Å². The van der Waals surface area contributed by atoms with Crippen molar-refractivity contribution in [1.29, 1.82) is 0 Å². The summed E-state index contributed by atoms with van der Waals surface area (Å²) in [4.78, 5) is 8.34. The van der Waals surface area contributed by atoms with E-state index in [1.807, 2.05) is 13.8 Å². The van der Waals surface area contributed by atoms with Crippen LogP contribution in [0, 0.1) is 6.92 Å². The van der Waals surface area contributed by atoms with Gasteiger partial charge in [0.2, 0.25) is 0 Å². The summed E-state index contributed by atoms with van der Waals surface area (Å²) in [6.45, 7) is 6.08. The van der Waals surface area contributed by atoms with Crippen molar-refractivity contribution in [3.8, 4) is 0 Å². The molecule has 4 heteroatoms. The molecule has 0 saturated heterocycles. The zero-order valence-corrected chi connectivity index (χ0v) is 8.86. The molecule has 0 aromatic carbocycles. The van der Waals surface area contributed by atoms with E-state index in [0.717, 1.165) is 5.56 Å². The Hall–Kier alpha value is -1.00. The first-order chi connectivity index (χ1) is 6.56. The Morgan fingerprint density at radius 3 is 2.64 bits per heavy atom. The van der Waals surface area contributed by atoms with Crippen LogP contribution >= 0.6 is 0 Å². The van der Waals surface area contributed by atoms with Crippen molar-refractivity contribution in [3.63, 3.8) is 0 Å². The lowest BCUT2D eigenvalue weighted by molar-refractivity contribution is 0.180. The highest BCUT2D eigenvalue weighted by molar-refractivity contribution is 5.23. The van der Waals surface area contributed by atoms with Crippen molar-refractivity contribution in [2.24, 2.45) is 5.73 Å². The first kappa shape index (κ1) is 11.1. The van der Waals surface area contributed by atoms with Gasteiger partial charge in [-0.25, -0.2) is 9.97 Å². The van der Waals surface area contributed by atoms with Gasteiger partial charge in [0.05, 0.1) is 5.69 Å². The summed E-state index contributed by atoms with van der Waals surface area (Å²) in [6, 6.07) is 0. The van der Waals surface area contributed by atoms with Gasteiger partial charge in [-0.15, -0.1) is 0 Å². The van der Waals surface area contributed by atoms with E-state index < -0.39 is 6.10 Å². The molecule has 1 rings (SSSR count). The maximum absolute atomic E-state index is 9.67. The van der Waals surface area contributed by atoms with E-state index in [1.54, 1.807) is 13.1 Å². The molecule has 14 heavy (non-hydrogen) atoms. The SMILES string of the molecule is Cc1ncc(C(C)C)c(C(O)CN)n1. The van der Waals surface area contributed by atoms with Crippen molar-refractivity contribution in [2.75, 3.05) is 6.54 Å². The van der Waals surface area contributed by atoms with Crippen LogP contribution in [0.5, 0.6) is 0 Å². The molecule has 3 N–H and O–H groups in total. The summed E-state index contributed by atoms with van der Waals surface area (Å²) in [5, 5.41) is 9.67. The molecule has 1 aromatic heterocycles. The molecule has 0 bridgehead atoms. The molecule has 0 fully saturated rings. The van der Waals surface area contributed by atoms with E-state index in [-0.39, 0.29) is 6.54 Å². The monoisotopic (exact) mass is 195 g/mol. The second kappa shape index (κ2) is 4.48. The topological polar surface area (TPSA) is 72.0 Å². The Morgan fingerprint density at radius 1 is 1.50 bits per heavy atom. The summed E-state index contributed by atoms with van der Waals surface area (Å²) >= 11 is 0. The second-order valence-corrected chi connectivity index (χ2v) is 3.66. The lowest BCUT2D eigenvalue weighted by atomic mass is 10.0. The summed E-state index contributed by atoms with van der Waals surface area (Å²) in [5.41, 5.74) is 7.04. The van der Waals surface area contributed by atoms with Crippen molar-refractivity contribution < 1.29 is 5.11 Å². The molecular formula is C10H17N3O. The number of nitrogens with two attached hydrogens (primary N) is 1. The summed E-state index contributed by atoms with van der Waals surface area (Å²) in [6.07, 6.45) is 1.08. The third-order valence-corrected chi connectivity index (χ3v) is 2.13. The number of aliphatic hydroxyl groups is 1. The molecule has 4 nitrogen and oxygen atoms in total. The Bertz CT molecular complexity index is 312. The molecular weight excluding hydrogens is 178 g/mol. The fourth-order valence-electron chi connectivity index (χ4n) is 1.32. The van der Waals surface area contributed by atoms with E-state index in [4.69, 9.17) is 5.73 Å². The zero-order chi connectivity index (χ0) is 10.7. The van der Waals surface area contributed by atoms with E-state index in [9.17, 15) is 5.11 Å². The van der Waals surface area contributed by atoms with Crippen molar-refractivity contribution in [1.82, 2.24) is 9.97 Å². The van der Waals surface area contributed by atoms with E-state index in [1.165, 1.54) is 0 Å². The van der Waals surface area contributed by atoms with Gasteiger partial charge in [0.15, 0.2) is 0 Å². The molecule has 0 amide bonds. The van der Waals surface area contributed by atoms with Crippen molar-refractivity contribution in [3.05, 3.63) is 23.3 Å². The molecule has 0 radical (unpaired) electrons. The Balaban J connectivity index is 3.15. The molecule has 0 aliphatic heterocycles. The summed E-state index contributed by atoms with van der Waals surface area (Å²) in [5.74, 6) is 0.962. The van der Waals surface area contributed by atoms with Crippen LogP contribution in [0.1, 0.15) is 43.0 Å². The maximum atomic E-state index is 9.67. The lowest BCUT2D eigenvalue weighted by Crippen LogP contribution is -2.16. The third kappa shape index (κ3) is 2.27. The first-order valence-electron chi connectivity index (χ1n) is 4.77. The molecule has 1 heterocycles. The summed E-state index contributed by atoms with van der Waals surface area (Å²) < 4.78 is 0. The van der Waals surface area contributed by atoms with Crippen LogP contribution in [0.25, 0.3) is 0 Å². The average molecular weight is 195 g/mol. The quantitative estimate of drug-likeness (QED) is 0.751. The number of nitrogens with zero attached hydrogens (tertiary/aromatic N) is 2. The molecule has 0 aliphatic carbocycles. The Morgan fingerprint density at radius 2 is 2.14 bits per heavy atom. The minimum absolute atomic E-state index is 0.191. The molecule has 0 saturated carbocycles. The van der Waals surface area contributed by atoms with Crippen LogP contribution < -0.4 is 5.73 Å². The van der Waals surface area contributed by atoms with Gasteiger partial charge in [0.1, 0.15) is 11.9 Å². The maximum Gasteiger partial charge on any atom is 0.125 e. The smallest absolute Gasteiger partial charge is 0.125 e. The Labute approximate surface area is 84.2 Å². The normalized spacial score (nSPS) is 13.3. The zero-order valence-electron chi connectivity index (χ0n) is 8.86. The van der Waals surface area contributed by atoms with Gasteiger partial charge in [0.25, 0.3) is 0 Å². The van der Waals surface area contributed by atoms with Crippen LogP contribution in [0.15, 0.2) is 6.20 Å². The van der Waals surface area contributed by atoms with E-state index in [2.05, 4.69) is 9.97 Å². The summed E-state index contributed by atoms with van der Waals surface area (Å²) in [7, 11) is 0. The highest BCUT2D eigenvalue weighted by Gasteiger charge is 2.15. The lowest BCUT2D eigenvalue weighted by Gasteiger charge is -2.15. The van der Waals surface area contributed by atoms with Crippen LogP contribution in [-0.2, 0) is 0 Å². The van der Waals surface area contributed by atoms with E-state index >= 15 is 0 Å². The Kier molecular flexibility index (Phi) is 3.55. The fraction of sp³-hybridized carbons (Fsp3) is 0.600.